The largest absolute Gasteiger partial charge is 0.493 e. The molecule has 0 bridgehead atoms. The highest BCUT2D eigenvalue weighted by atomic mass is 16.5. The van der Waals surface area contributed by atoms with Crippen LogP contribution in [-0.2, 0) is 20.7 Å². The molecule has 0 aromatic heterocycles. The predicted molar refractivity (Wildman–Crippen MR) is 99.9 cm³/mol. The lowest BCUT2D eigenvalue weighted by Gasteiger charge is -2.44. The minimum atomic E-state index is -0.590. The average molecular weight is 376 g/mol. The number of hydrogen-bond donors (Lipinski definition) is 2. The Balaban J connectivity index is 1.39. The summed E-state index contributed by atoms with van der Waals surface area (Å²) < 4.78 is 16.1. The van der Waals surface area contributed by atoms with E-state index in [-0.39, 0.29) is 11.5 Å². The van der Waals surface area contributed by atoms with Crippen LogP contribution >= 0.6 is 0 Å². The van der Waals surface area contributed by atoms with Gasteiger partial charge in [-0.3, -0.25) is 9.59 Å². The van der Waals surface area contributed by atoms with Gasteiger partial charge in [-0.05, 0) is 50.3 Å². The van der Waals surface area contributed by atoms with Crippen LogP contribution in [0.2, 0.25) is 0 Å². The van der Waals surface area contributed by atoms with Crippen molar-refractivity contribution >= 4 is 11.8 Å². The molecule has 1 aromatic carbocycles. The van der Waals surface area contributed by atoms with Crippen molar-refractivity contribution < 1.29 is 23.8 Å². The van der Waals surface area contributed by atoms with Gasteiger partial charge in [-0.15, -0.1) is 0 Å². The highest BCUT2D eigenvalue weighted by molar-refractivity contribution is 6.35. The molecule has 3 rings (SSSR count). The van der Waals surface area contributed by atoms with E-state index in [4.69, 9.17) is 14.2 Å². The van der Waals surface area contributed by atoms with Crippen LogP contribution in [-0.4, -0.2) is 51.3 Å². The van der Waals surface area contributed by atoms with Crippen LogP contribution in [0.4, 0.5) is 0 Å². The molecule has 1 atom stereocenters. The van der Waals surface area contributed by atoms with Crippen molar-refractivity contribution in [1.29, 1.82) is 0 Å². The van der Waals surface area contributed by atoms with Crippen LogP contribution in [0.3, 0.4) is 0 Å². The summed E-state index contributed by atoms with van der Waals surface area (Å²) in [6.45, 7) is 3.21. The lowest BCUT2D eigenvalue weighted by molar-refractivity contribution is -0.140. The van der Waals surface area contributed by atoms with Crippen molar-refractivity contribution in [3.8, 4) is 11.5 Å². The fraction of sp³-hybridized carbons (Fsp3) is 0.600. The number of carbonyl (C=O) groups excluding carboxylic acids is 2. The molecule has 148 valence electrons. The van der Waals surface area contributed by atoms with Gasteiger partial charge in [0.05, 0.1) is 26.9 Å². The van der Waals surface area contributed by atoms with Crippen molar-refractivity contribution in [3.63, 3.8) is 0 Å². The Kier molecular flexibility index (Phi) is 5.89. The number of amides is 2. The minimum absolute atomic E-state index is 0.0722. The predicted octanol–water partition coefficient (Wildman–Crippen LogP) is 1.44. The Morgan fingerprint density at radius 2 is 1.89 bits per heavy atom. The first-order valence-electron chi connectivity index (χ1n) is 9.36. The molecule has 1 aromatic rings. The molecule has 27 heavy (non-hydrogen) atoms. The topological polar surface area (TPSA) is 85.9 Å². The summed E-state index contributed by atoms with van der Waals surface area (Å²) in [6.07, 6.45) is 3.71. The smallest absolute Gasteiger partial charge is 0.309 e. The number of methoxy groups -OCH3 is 2. The van der Waals surface area contributed by atoms with Gasteiger partial charge in [0.1, 0.15) is 0 Å². The quantitative estimate of drug-likeness (QED) is 0.734. The molecule has 1 aliphatic carbocycles. The third kappa shape index (κ3) is 4.53. The van der Waals surface area contributed by atoms with Crippen LogP contribution in [0.5, 0.6) is 11.5 Å². The average Bonchev–Trinajstić information content (AvgIpc) is 3.02. The molecule has 1 unspecified atom stereocenters. The van der Waals surface area contributed by atoms with E-state index in [1.807, 2.05) is 18.2 Å². The highest BCUT2D eigenvalue weighted by Crippen LogP contribution is 2.49. The van der Waals surface area contributed by atoms with Gasteiger partial charge in [0.2, 0.25) is 0 Å². The standard InChI is InChI=1S/C20H28N2O5/c1-13-9-20(12-27-13)10-15(11-20)22-19(24)18(23)21-7-6-14-4-5-16(25-2)17(8-14)26-3/h4-5,8,13,15H,6-7,9-12H2,1-3H3,(H,21,23)(H,22,24). The minimum Gasteiger partial charge on any atom is -0.493 e. The number of benzene rings is 1. The zero-order chi connectivity index (χ0) is 19.4. The van der Waals surface area contributed by atoms with Gasteiger partial charge in [0.15, 0.2) is 11.5 Å². The molecule has 1 saturated carbocycles. The molecule has 0 radical (unpaired) electrons. The summed E-state index contributed by atoms with van der Waals surface area (Å²) in [5.74, 6) is 0.148. The van der Waals surface area contributed by atoms with Crippen molar-refractivity contribution in [2.75, 3.05) is 27.4 Å². The summed E-state index contributed by atoms with van der Waals surface area (Å²) in [7, 11) is 3.16. The van der Waals surface area contributed by atoms with Gasteiger partial charge in [-0.1, -0.05) is 6.07 Å². The second-order valence-corrected chi connectivity index (χ2v) is 7.60. The molecule has 2 aliphatic rings. The van der Waals surface area contributed by atoms with Crippen molar-refractivity contribution in [3.05, 3.63) is 23.8 Å². The summed E-state index contributed by atoms with van der Waals surface area (Å²) in [5.41, 5.74) is 1.20. The number of carbonyl (C=O) groups is 2. The second kappa shape index (κ2) is 8.17. The van der Waals surface area contributed by atoms with Gasteiger partial charge in [0, 0.05) is 18.0 Å². The summed E-state index contributed by atoms with van der Waals surface area (Å²) in [6, 6.07) is 5.67. The maximum absolute atomic E-state index is 12.0. The van der Waals surface area contributed by atoms with Crippen molar-refractivity contribution in [1.82, 2.24) is 10.6 Å². The van der Waals surface area contributed by atoms with Gasteiger partial charge in [0.25, 0.3) is 0 Å². The van der Waals surface area contributed by atoms with Crippen molar-refractivity contribution in [2.45, 2.75) is 44.8 Å². The molecule has 7 heteroatoms. The lowest BCUT2D eigenvalue weighted by atomic mass is 9.64. The number of ether oxygens (including phenoxy) is 3. The normalized spacial score (nSPS) is 26.3. The van der Waals surface area contributed by atoms with Crippen LogP contribution in [0, 0.1) is 5.41 Å². The van der Waals surface area contributed by atoms with E-state index in [2.05, 4.69) is 17.6 Å². The fourth-order valence-electron chi connectivity index (χ4n) is 4.11. The van der Waals surface area contributed by atoms with E-state index < -0.39 is 11.8 Å². The van der Waals surface area contributed by atoms with E-state index >= 15 is 0 Å². The number of hydrogen-bond acceptors (Lipinski definition) is 5. The Morgan fingerprint density at radius 3 is 2.52 bits per heavy atom. The van der Waals surface area contributed by atoms with Crippen molar-refractivity contribution in [2.24, 2.45) is 5.41 Å². The third-order valence-corrected chi connectivity index (χ3v) is 5.44. The maximum atomic E-state index is 12.0. The Labute approximate surface area is 159 Å². The summed E-state index contributed by atoms with van der Waals surface area (Å²) >= 11 is 0. The second-order valence-electron chi connectivity index (χ2n) is 7.60. The summed E-state index contributed by atoms with van der Waals surface area (Å²) in [4.78, 5) is 24.1. The fourth-order valence-corrected chi connectivity index (χ4v) is 4.11. The SMILES string of the molecule is COc1ccc(CCNC(=O)C(=O)NC2CC3(COC(C)C3)C2)cc1OC. The van der Waals surface area contributed by atoms with E-state index in [0.29, 0.717) is 30.6 Å². The van der Waals surface area contributed by atoms with Crippen LogP contribution in [0.15, 0.2) is 18.2 Å². The highest BCUT2D eigenvalue weighted by Gasteiger charge is 2.49. The van der Waals surface area contributed by atoms with Gasteiger partial charge < -0.3 is 24.8 Å². The first-order valence-corrected chi connectivity index (χ1v) is 9.36. The van der Waals surface area contributed by atoms with Crippen LogP contribution in [0.25, 0.3) is 0 Å². The van der Waals surface area contributed by atoms with E-state index in [9.17, 15) is 9.59 Å². The Morgan fingerprint density at radius 1 is 1.15 bits per heavy atom. The maximum Gasteiger partial charge on any atom is 0.309 e. The Bertz CT molecular complexity index is 700. The lowest BCUT2D eigenvalue weighted by Crippen LogP contribution is -2.54. The van der Waals surface area contributed by atoms with E-state index in [1.54, 1.807) is 14.2 Å². The number of rotatable bonds is 6. The van der Waals surface area contributed by atoms with Crippen LogP contribution in [0.1, 0.15) is 31.7 Å². The van der Waals surface area contributed by atoms with Gasteiger partial charge in [-0.2, -0.15) is 0 Å². The Hall–Kier alpha value is -2.28. The zero-order valence-corrected chi connectivity index (χ0v) is 16.2. The molecule has 1 heterocycles. The third-order valence-electron chi connectivity index (χ3n) is 5.44. The molecule has 2 fully saturated rings. The molecule has 1 aliphatic heterocycles. The van der Waals surface area contributed by atoms with Gasteiger partial charge >= 0.3 is 11.8 Å². The monoisotopic (exact) mass is 376 g/mol. The van der Waals surface area contributed by atoms with E-state index in [1.165, 1.54) is 0 Å². The molecule has 2 N–H and O–H groups in total. The first kappa shape index (κ1) is 19.5. The van der Waals surface area contributed by atoms with E-state index in [0.717, 1.165) is 31.4 Å². The van der Waals surface area contributed by atoms with Crippen LogP contribution < -0.4 is 20.1 Å². The molecule has 2 amide bonds. The molecule has 1 spiro atoms. The number of nitrogens with one attached hydrogen (secondary N) is 2. The first-order chi connectivity index (χ1) is 12.9. The molecule has 1 saturated heterocycles. The van der Waals surface area contributed by atoms with Gasteiger partial charge in [-0.25, -0.2) is 0 Å². The molecular formula is C20H28N2O5. The zero-order valence-electron chi connectivity index (χ0n) is 16.2. The molecule has 7 nitrogen and oxygen atoms in total. The molecular weight excluding hydrogens is 348 g/mol. The summed E-state index contributed by atoms with van der Waals surface area (Å²) in [5, 5.41) is 5.49.